The molecule has 0 aliphatic carbocycles. The minimum absolute atomic E-state index is 0.699. The highest BCUT2D eigenvalue weighted by Crippen LogP contribution is 2.19. The van der Waals surface area contributed by atoms with E-state index in [4.69, 9.17) is 0 Å². The van der Waals surface area contributed by atoms with E-state index < -0.39 is 0 Å². The zero-order valence-electron chi connectivity index (χ0n) is 22.0. The summed E-state index contributed by atoms with van der Waals surface area (Å²) < 4.78 is 0. The minimum atomic E-state index is 0.699. The maximum Gasteiger partial charge on any atom is 0.223 e. The van der Waals surface area contributed by atoms with Crippen molar-refractivity contribution in [3.8, 4) is 0 Å². The Bertz CT molecular complexity index is 637. The SMILES string of the molecule is CCCB(CCC)N(CCCN(Cc1ccccc1)B(CCC)CCC)Cc1ccccc1. The molecule has 2 aromatic carbocycles. The van der Waals surface area contributed by atoms with Gasteiger partial charge < -0.3 is 9.62 Å². The fourth-order valence-corrected chi connectivity index (χ4v) is 5.25. The van der Waals surface area contributed by atoms with Gasteiger partial charge in [-0.2, -0.15) is 0 Å². The van der Waals surface area contributed by atoms with Crippen LogP contribution in [0, 0.1) is 0 Å². The fraction of sp³-hybridized carbons (Fsp3) is 0.586. The molecule has 0 atom stereocenters. The molecular formula is C29H48B2N2. The topological polar surface area (TPSA) is 6.48 Å². The second kappa shape index (κ2) is 17.0. The molecule has 180 valence electrons. The fourth-order valence-electron chi connectivity index (χ4n) is 5.25. The molecule has 0 aliphatic heterocycles. The van der Waals surface area contributed by atoms with E-state index in [-0.39, 0.29) is 0 Å². The summed E-state index contributed by atoms with van der Waals surface area (Å²) in [5.41, 5.74) is 2.90. The number of hydrogen-bond donors (Lipinski definition) is 0. The van der Waals surface area contributed by atoms with Gasteiger partial charge in [-0.15, -0.1) is 0 Å². The molecule has 33 heavy (non-hydrogen) atoms. The largest absolute Gasteiger partial charge is 0.338 e. The maximum atomic E-state index is 2.79. The lowest BCUT2D eigenvalue weighted by Crippen LogP contribution is -2.43. The molecule has 0 bridgehead atoms. The smallest absolute Gasteiger partial charge is 0.223 e. The van der Waals surface area contributed by atoms with Crippen LogP contribution in [-0.2, 0) is 13.1 Å². The van der Waals surface area contributed by atoms with Crippen LogP contribution >= 0.6 is 0 Å². The van der Waals surface area contributed by atoms with Crippen molar-refractivity contribution in [2.45, 2.75) is 98.2 Å². The predicted molar refractivity (Wildman–Crippen MR) is 150 cm³/mol. The van der Waals surface area contributed by atoms with Gasteiger partial charge in [-0.1, -0.05) is 139 Å². The highest BCUT2D eigenvalue weighted by Gasteiger charge is 2.24. The molecule has 0 amide bonds. The Kier molecular flexibility index (Phi) is 14.3. The number of hydrogen-bond acceptors (Lipinski definition) is 2. The van der Waals surface area contributed by atoms with Gasteiger partial charge in [0.1, 0.15) is 0 Å². The first kappa shape index (κ1) is 27.7. The normalized spacial score (nSPS) is 11.3. The van der Waals surface area contributed by atoms with Crippen molar-refractivity contribution < 1.29 is 0 Å². The minimum Gasteiger partial charge on any atom is -0.338 e. The predicted octanol–water partition coefficient (Wildman–Crippen LogP) is 8.00. The molecule has 0 radical (unpaired) electrons. The van der Waals surface area contributed by atoms with Gasteiger partial charge in [0.25, 0.3) is 0 Å². The van der Waals surface area contributed by atoms with Crippen LogP contribution in [-0.4, -0.2) is 36.4 Å². The van der Waals surface area contributed by atoms with Gasteiger partial charge in [0.05, 0.1) is 0 Å². The quantitative estimate of drug-likeness (QED) is 0.214. The molecule has 4 heteroatoms. The lowest BCUT2D eigenvalue weighted by Gasteiger charge is -2.33. The first-order chi connectivity index (χ1) is 16.2. The number of nitrogens with zero attached hydrogens (tertiary/aromatic N) is 2. The van der Waals surface area contributed by atoms with E-state index in [2.05, 4.69) is 98.0 Å². The Hall–Kier alpha value is -1.51. The van der Waals surface area contributed by atoms with E-state index >= 15 is 0 Å². The molecule has 0 N–H and O–H groups in total. The highest BCUT2D eigenvalue weighted by atomic mass is 15.1. The molecule has 0 fully saturated rings. The molecule has 0 saturated heterocycles. The molecular weight excluding hydrogens is 398 g/mol. The highest BCUT2D eigenvalue weighted by molar-refractivity contribution is 6.56. The summed E-state index contributed by atoms with van der Waals surface area (Å²) in [4.78, 5) is 5.58. The molecule has 2 rings (SSSR count). The summed E-state index contributed by atoms with van der Waals surface area (Å²) in [6.45, 7) is 15.3. The summed E-state index contributed by atoms with van der Waals surface area (Å²) in [5.74, 6) is 0. The third-order valence-electron chi connectivity index (χ3n) is 6.87. The Morgan fingerprint density at radius 1 is 0.515 bits per heavy atom. The van der Waals surface area contributed by atoms with Gasteiger partial charge in [0.15, 0.2) is 0 Å². The third-order valence-corrected chi connectivity index (χ3v) is 6.87. The van der Waals surface area contributed by atoms with Crippen LogP contribution in [0.2, 0.25) is 25.3 Å². The molecule has 0 unspecified atom stereocenters. The first-order valence-corrected chi connectivity index (χ1v) is 13.8. The average Bonchev–Trinajstić information content (AvgIpc) is 2.84. The summed E-state index contributed by atoms with van der Waals surface area (Å²) in [5, 5.41) is 0. The standard InChI is InChI=1S/C29H48B2N2/c1-5-20-30(21-6-2)32(26-28-16-11-9-12-17-28)24-15-25-33(31(22-7-3)23-8-4)27-29-18-13-10-14-19-29/h9-14,16-19H,5-8,15,20-27H2,1-4H3. The van der Waals surface area contributed by atoms with E-state index in [0.29, 0.717) is 13.7 Å². The molecule has 0 heterocycles. The lowest BCUT2D eigenvalue weighted by atomic mass is 9.52. The Morgan fingerprint density at radius 3 is 1.15 bits per heavy atom. The average molecular weight is 446 g/mol. The molecule has 0 aromatic heterocycles. The number of rotatable bonds is 18. The summed E-state index contributed by atoms with van der Waals surface area (Å²) >= 11 is 0. The Labute approximate surface area is 206 Å². The summed E-state index contributed by atoms with van der Waals surface area (Å²) in [7, 11) is 0. The third kappa shape index (κ3) is 10.5. The van der Waals surface area contributed by atoms with Crippen LogP contribution in [0.15, 0.2) is 60.7 Å². The van der Waals surface area contributed by atoms with Crippen LogP contribution in [0.3, 0.4) is 0 Å². The molecule has 2 nitrogen and oxygen atoms in total. The van der Waals surface area contributed by atoms with Crippen molar-refractivity contribution in [2.24, 2.45) is 0 Å². The van der Waals surface area contributed by atoms with Gasteiger partial charge >= 0.3 is 0 Å². The van der Waals surface area contributed by atoms with Crippen molar-refractivity contribution in [3.63, 3.8) is 0 Å². The monoisotopic (exact) mass is 446 g/mol. The van der Waals surface area contributed by atoms with Crippen molar-refractivity contribution in [1.82, 2.24) is 9.62 Å². The van der Waals surface area contributed by atoms with Crippen molar-refractivity contribution in [3.05, 3.63) is 71.8 Å². The van der Waals surface area contributed by atoms with E-state index in [1.165, 1.54) is 81.6 Å². The van der Waals surface area contributed by atoms with E-state index in [0.717, 1.165) is 13.1 Å². The van der Waals surface area contributed by atoms with Crippen LogP contribution in [0.1, 0.15) is 70.9 Å². The van der Waals surface area contributed by atoms with Gasteiger partial charge in [-0.05, 0) is 30.6 Å². The first-order valence-electron chi connectivity index (χ1n) is 13.8. The van der Waals surface area contributed by atoms with Crippen molar-refractivity contribution in [2.75, 3.05) is 13.1 Å². The van der Waals surface area contributed by atoms with Crippen LogP contribution in [0.25, 0.3) is 0 Å². The van der Waals surface area contributed by atoms with E-state index in [1.807, 2.05) is 0 Å². The second-order valence-electron chi connectivity index (χ2n) is 9.73. The van der Waals surface area contributed by atoms with Crippen LogP contribution < -0.4 is 0 Å². The van der Waals surface area contributed by atoms with E-state index in [9.17, 15) is 0 Å². The van der Waals surface area contributed by atoms with Gasteiger partial charge in [-0.25, -0.2) is 0 Å². The molecule has 0 saturated carbocycles. The second-order valence-corrected chi connectivity index (χ2v) is 9.73. The molecule has 0 aliphatic rings. The van der Waals surface area contributed by atoms with Crippen molar-refractivity contribution in [1.29, 1.82) is 0 Å². The zero-order valence-corrected chi connectivity index (χ0v) is 22.0. The lowest BCUT2D eigenvalue weighted by molar-refractivity contribution is 0.355. The van der Waals surface area contributed by atoms with Crippen LogP contribution in [0.5, 0.6) is 0 Å². The molecule has 0 spiro atoms. The summed E-state index contributed by atoms with van der Waals surface area (Å²) in [6.07, 6.45) is 11.6. The summed E-state index contributed by atoms with van der Waals surface area (Å²) in [6, 6.07) is 22.2. The van der Waals surface area contributed by atoms with Gasteiger partial charge in [-0.3, -0.25) is 0 Å². The maximum absolute atomic E-state index is 2.79. The van der Waals surface area contributed by atoms with Gasteiger partial charge in [0, 0.05) is 13.1 Å². The van der Waals surface area contributed by atoms with E-state index in [1.54, 1.807) is 0 Å². The zero-order chi connectivity index (χ0) is 23.7. The van der Waals surface area contributed by atoms with Crippen molar-refractivity contribution >= 4 is 13.7 Å². The Morgan fingerprint density at radius 2 is 0.848 bits per heavy atom. The van der Waals surface area contributed by atoms with Gasteiger partial charge in [0.2, 0.25) is 13.7 Å². The Balaban J connectivity index is 2.09. The number of benzene rings is 2. The van der Waals surface area contributed by atoms with Crippen LogP contribution in [0.4, 0.5) is 0 Å². The molecule has 2 aromatic rings.